The molecule has 0 amide bonds. The van der Waals surface area contributed by atoms with Crippen LogP contribution in [0.2, 0.25) is 0 Å². The normalized spacial score (nSPS) is 11.4. The lowest BCUT2D eigenvalue weighted by atomic mass is 10.0. The average Bonchev–Trinajstić information content (AvgIpc) is 3.29. The minimum absolute atomic E-state index is 1.17. The number of imidazole rings is 1. The number of benzene rings is 1. The van der Waals surface area contributed by atoms with Crippen LogP contribution < -0.4 is 4.57 Å². The molecule has 0 fully saturated rings. The quantitative estimate of drug-likeness (QED) is 0.110. The highest BCUT2D eigenvalue weighted by atomic mass is 15.1. The minimum Gasteiger partial charge on any atom is -0.234 e. The molecular weight excluding hydrogens is 424 g/mol. The van der Waals surface area contributed by atoms with Gasteiger partial charge in [-0.3, -0.25) is 0 Å². The Morgan fingerprint density at radius 1 is 0.543 bits per heavy atom. The SMILES string of the molecule is CCCCCCCCCCCCCCCCCC[n+]1ccn(-c2ccccc2)c1CCCCCC. The fourth-order valence-corrected chi connectivity index (χ4v) is 5.29. The average molecular weight is 482 g/mol. The molecule has 0 aliphatic heterocycles. The summed E-state index contributed by atoms with van der Waals surface area (Å²) in [5, 5.41) is 0. The molecular formula is C33H57N2+. The van der Waals surface area contributed by atoms with Gasteiger partial charge in [0.25, 0.3) is 5.82 Å². The van der Waals surface area contributed by atoms with Gasteiger partial charge in [0.05, 0.1) is 6.54 Å². The second-order valence-corrected chi connectivity index (χ2v) is 10.7. The lowest BCUT2D eigenvalue weighted by Crippen LogP contribution is -2.37. The zero-order valence-electron chi connectivity index (χ0n) is 23.5. The van der Waals surface area contributed by atoms with Gasteiger partial charge in [-0.25, -0.2) is 4.57 Å². The Morgan fingerprint density at radius 2 is 1.00 bits per heavy atom. The van der Waals surface area contributed by atoms with Crippen LogP contribution in [0.1, 0.15) is 148 Å². The molecule has 2 heteroatoms. The summed E-state index contributed by atoms with van der Waals surface area (Å²) in [6.07, 6.45) is 34.0. The highest BCUT2D eigenvalue weighted by Crippen LogP contribution is 2.15. The number of aromatic nitrogens is 2. The molecule has 2 aromatic rings. The number of hydrogen-bond acceptors (Lipinski definition) is 0. The van der Waals surface area contributed by atoms with Crippen LogP contribution in [0.5, 0.6) is 0 Å². The van der Waals surface area contributed by atoms with Crippen LogP contribution in [-0.4, -0.2) is 4.57 Å². The molecule has 0 atom stereocenters. The number of hydrogen-bond donors (Lipinski definition) is 0. The monoisotopic (exact) mass is 481 g/mol. The van der Waals surface area contributed by atoms with Crippen LogP contribution in [0.3, 0.4) is 0 Å². The molecule has 35 heavy (non-hydrogen) atoms. The lowest BCUT2D eigenvalue weighted by Gasteiger charge is -2.06. The number of rotatable bonds is 23. The molecule has 1 aromatic heterocycles. The third-order valence-corrected chi connectivity index (χ3v) is 7.55. The fourth-order valence-electron chi connectivity index (χ4n) is 5.29. The van der Waals surface area contributed by atoms with Crippen LogP contribution >= 0.6 is 0 Å². The maximum absolute atomic E-state index is 2.53. The Labute approximate surface area is 218 Å². The highest BCUT2D eigenvalue weighted by molar-refractivity contribution is 5.31. The zero-order chi connectivity index (χ0) is 24.8. The van der Waals surface area contributed by atoms with E-state index in [-0.39, 0.29) is 0 Å². The van der Waals surface area contributed by atoms with Gasteiger partial charge in [0, 0.05) is 6.42 Å². The van der Waals surface area contributed by atoms with E-state index in [1.54, 1.807) is 0 Å². The van der Waals surface area contributed by atoms with E-state index in [1.165, 1.54) is 153 Å². The van der Waals surface area contributed by atoms with E-state index in [0.29, 0.717) is 0 Å². The molecule has 0 saturated carbocycles. The Morgan fingerprint density at radius 3 is 1.51 bits per heavy atom. The van der Waals surface area contributed by atoms with E-state index in [4.69, 9.17) is 0 Å². The molecule has 0 bridgehead atoms. The number of unbranched alkanes of at least 4 members (excludes halogenated alkanes) is 18. The summed E-state index contributed by atoms with van der Waals surface area (Å²) >= 11 is 0. The van der Waals surface area contributed by atoms with Gasteiger partial charge in [-0.2, -0.15) is 4.57 Å². The maximum atomic E-state index is 2.53. The topological polar surface area (TPSA) is 8.81 Å². The van der Waals surface area contributed by atoms with Crippen molar-refractivity contribution in [3.63, 3.8) is 0 Å². The van der Waals surface area contributed by atoms with Crippen LogP contribution in [-0.2, 0) is 13.0 Å². The van der Waals surface area contributed by atoms with Crippen molar-refractivity contribution >= 4 is 0 Å². The first-order valence-electron chi connectivity index (χ1n) is 15.5. The van der Waals surface area contributed by atoms with Gasteiger partial charge in [-0.15, -0.1) is 0 Å². The molecule has 2 rings (SSSR count). The molecule has 2 nitrogen and oxygen atoms in total. The Hall–Kier alpha value is -1.57. The van der Waals surface area contributed by atoms with Gasteiger partial charge in [-0.05, 0) is 31.4 Å². The van der Waals surface area contributed by atoms with Crippen LogP contribution in [0.15, 0.2) is 42.7 Å². The van der Waals surface area contributed by atoms with Gasteiger partial charge in [0.15, 0.2) is 0 Å². The molecule has 0 spiro atoms. The van der Waals surface area contributed by atoms with Crippen molar-refractivity contribution in [3.05, 3.63) is 48.5 Å². The number of aryl methyl sites for hydroxylation is 1. The molecule has 0 saturated heterocycles. The van der Waals surface area contributed by atoms with Crippen molar-refractivity contribution < 1.29 is 4.57 Å². The summed E-state index contributed by atoms with van der Waals surface area (Å²) in [5.41, 5.74) is 1.30. The van der Waals surface area contributed by atoms with E-state index >= 15 is 0 Å². The van der Waals surface area contributed by atoms with E-state index in [1.807, 2.05) is 0 Å². The molecule has 0 N–H and O–H groups in total. The van der Waals surface area contributed by atoms with Gasteiger partial charge in [-0.1, -0.05) is 141 Å². The molecule has 198 valence electrons. The zero-order valence-corrected chi connectivity index (χ0v) is 23.5. The minimum atomic E-state index is 1.17. The first-order chi connectivity index (χ1) is 17.4. The Balaban J connectivity index is 1.55. The van der Waals surface area contributed by atoms with Crippen LogP contribution in [0, 0.1) is 0 Å². The van der Waals surface area contributed by atoms with E-state index < -0.39 is 0 Å². The Bertz CT molecular complexity index is 718. The third-order valence-electron chi connectivity index (χ3n) is 7.55. The molecule has 0 radical (unpaired) electrons. The third kappa shape index (κ3) is 13.3. The number of para-hydroxylation sites is 1. The van der Waals surface area contributed by atoms with E-state index in [0.717, 1.165) is 0 Å². The standard InChI is InChI=1S/C33H57N2/c1-3-5-7-9-10-11-12-13-14-15-16-17-18-19-20-25-29-34-30-31-35(32-26-22-21-23-27-32)33(34)28-24-8-6-4-2/h21-23,26-27,30-31H,3-20,24-25,28-29H2,1-2H3/q+1. The van der Waals surface area contributed by atoms with Gasteiger partial charge >= 0.3 is 0 Å². The summed E-state index contributed by atoms with van der Waals surface area (Å²) in [5.74, 6) is 1.48. The summed E-state index contributed by atoms with van der Waals surface area (Å²) < 4.78 is 4.95. The molecule has 0 aliphatic carbocycles. The maximum Gasteiger partial charge on any atom is 0.261 e. The number of nitrogens with zero attached hydrogens (tertiary/aromatic N) is 2. The summed E-state index contributed by atoms with van der Waals surface area (Å²) in [6, 6.07) is 10.9. The molecule has 0 aliphatic rings. The van der Waals surface area contributed by atoms with Gasteiger partial charge < -0.3 is 0 Å². The van der Waals surface area contributed by atoms with Crippen molar-refractivity contribution in [2.24, 2.45) is 0 Å². The first-order valence-corrected chi connectivity index (χ1v) is 15.5. The van der Waals surface area contributed by atoms with E-state index in [9.17, 15) is 0 Å². The summed E-state index contributed by atoms with van der Waals surface area (Å²) in [6.45, 7) is 5.77. The van der Waals surface area contributed by atoms with Crippen LogP contribution in [0.25, 0.3) is 5.69 Å². The van der Waals surface area contributed by atoms with Crippen molar-refractivity contribution in [3.8, 4) is 5.69 Å². The highest BCUT2D eigenvalue weighted by Gasteiger charge is 2.18. The van der Waals surface area contributed by atoms with Gasteiger partial charge in [0.1, 0.15) is 18.1 Å². The van der Waals surface area contributed by atoms with Crippen molar-refractivity contribution in [2.75, 3.05) is 0 Å². The lowest BCUT2D eigenvalue weighted by molar-refractivity contribution is -0.704. The first kappa shape index (κ1) is 29.7. The van der Waals surface area contributed by atoms with Crippen molar-refractivity contribution in [2.45, 2.75) is 155 Å². The van der Waals surface area contributed by atoms with Crippen LogP contribution in [0.4, 0.5) is 0 Å². The van der Waals surface area contributed by atoms with E-state index in [2.05, 4.69) is 65.7 Å². The van der Waals surface area contributed by atoms with Gasteiger partial charge in [0.2, 0.25) is 0 Å². The second kappa shape index (κ2) is 20.6. The molecule has 1 aromatic carbocycles. The fraction of sp³-hybridized carbons (Fsp3) is 0.727. The summed E-state index contributed by atoms with van der Waals surface area (Å²) in [4.78, 5) is 0. The predicted octanol–water partition coefficient (Wildman–Crippen LogP) is 10.1. The largest absolute Gasteiger partial charge is 0.261 e. The van der Waals surface area contributed by atoms with Crippen molar-refractivity contribution in [1.82, 2.24) is 4.57 Å². The molecule has 1 heterocycles. The van der Waals surface area contributed by atoms with Crippen molar-refractivity contribution in [1.29, 1.82) is 0 Å². The second-order valence-electron chi connectivity index (χ2n) is 10.7. The predicted molar refractivity (Wildman–Crippen MR) is 153 cm³/mol. The summed E-state index contributed by atoms with van der Waals surface area (Å²) in [7, 11) is 0. The Kier molecular flexibility index (Phi) is 17.5. The molecule has 0 unspecified atom stereocenters. The smallest absolute Gasteiger partial charge is 0.234 e.